The molecule has 1 heterocycles. The van der Waals surface area contributed by atoms with Crippen LogP contribution in [-0.2, 0) is 11.0 Å². The number of aryl methyl sites for hydroxylation is 1. The average Bonchev–Trinajstić information content (AvgIpc) is 3.34. The number of alkyl halides is 3. The zero-order chi connectivity index (χ0) is 29.2. The molecule has 1 N–H and O–H groups in total. The number of halogens is 5. The monoisotopic (exact) mass is 601 g/mol. The lowest BCUT2D eigenvalue weighted by molar-refractivity contribution is -0.147. The van der Waals surface area contributed by atoms with Crippen molar-refractivity contribution >= 4 is 40.9 Å². The van der Waals surface area contributed by atoms with E-state index in [-0.39, 0.29) is 53.8 Å². The van der Waals surface area contributed by atoms with E-state index in [0.29, 0.717) is 0 Å². The summed E-state index contributed by atoms with van der Waals surface area (Å²) >= 11 is 12.6. The highest BCUT2D eigenvalue weighted by atomic mass is 35.5. The Bertz CT molecular complexity index is 1240. The topological polar surface area (TPSA) is 92.5 Å². The highest BCUT2D eigenvalue weighted by Crippen LogP contribution is 2.39. The molecule has 2 fully saturated rings. The molecule has 7 nitrogen and oxygen atoms in total. The van der Waals surface area contributed by atoms with E-state index in [2.05, 4.69) is 5.10 Å². The Labute approximate surface area is 240 Å². The molecular formula is C28H32Cl2F3N3O4. The van der Waals surface area contributed by atoms with Gasteiger partial charge in [0, 0.05) is 6.54 Å². The number of aliphatic carboxylic acids is 1. The zero-order valence-corrected chi connectivity index (χ0v) is 23.7. The Hall–Kier alpha value is -2.59. The Morgan fingerprint density at radius 2 is 1.62 bits per heavy atom. The first kappa shape index (κ1) is 30.4. The number of carboxylic acids is 1. The molecule has 2 aliphatic rings. The summed E-state index contributed by atoms with van der Waals surface area (Å²) in [6.45, 7) is 1.40. The summed E-state index contributed by atoms with van der Waals surface area (Å²) in [5.74, 6) is -3.03. The number of carboxylic acid groups (broad SMARTS) is 1. The second-order valence-electron chi connectivity index (χ2n) is 10.9. The molecule has 1 aromatic carbocycles. The molecule has 4 rings (SSSR count). The van der Waals surface area contributed by atoms with Crippen molar-refractivity contribution in [2.45, 2.75) is 76.9 Å². The summed E-state index contributed by atoms with van der Waals surface area (Å²) in [4.78, 5) is 39.6. The SMILES string of the molecule is Cc1cc(Cl)c(C(=O)CN(CC2CCCCC2)C(=O)c2cnn(C3CCC(C(=O)O)CC3)c2C(F)(F)F)c(Cl)c1. The van der Waals surface area contributed by atoms with Crippen LogP contribution in [0.2, 0.25) is 10.0 Å². The van der Waals surface area contributed by atoms with Crippen molar-refractivity contribution in [2.75, 3.05) is 13.1 Å². The van der Waals surface area contributed by atoms with Crippen molar-refractivity contribution < 1.29 is 32.7 Å². The molecule has 1 amide bonds. The number of aromatic nitrogens is 2. The number of rotatable bonds is 8. The number of hydrogen-bond donors (Lipinski definition) is 1. The van der Waals surface area contributed by atoms with Crippen molar-refractivity contribution in [3.63, 3.8) is 0 Å². The summed E-state index contributed by atoms with van der Waals surface area (Å²) in [5.41, 5.74) is -1.04. The van der Waals surface area contributed by atoms with Gasteiger partial charge in [-0.3, -0.25) is 19.1 Å². The van der Waals surface area contributed by atoms with Gasteiger partial charge in [0.2, 0.25) is 0 Å². The van der Waals surface area contributed by atoms with E-state index in [1.54, 1.807) is 19.1 Å². The first-order valence-corrected chi connectivity index (χ1v) is 14.3. The molecular weight excluding hydrogens is 570 g/mol. The van der Waals surface area contributed by atoms with Crippen LogP contribution < -0.4 is 0 Å². The van der Waals surface area contributed by atoms with E-state index < -0.39 is 53.6 Å². The summed E-state index contributed by atoms with van der Waals surface area (Å²) in [6.07, 6.45) is 1.42. The van der Waals surface area contributed by atoms with Gasteiger partial charge in [-0.2, -0.15) is 18.3 Å². The molecule has 2 aromatic rings. The van der Waals surface area contributed by atoms with E-state index in [0.717, 1.165) is 48.5 Å². The van der Waals surface area contributed by atoms with Gasteiger partial charge < -0.3 is 10.0 Å². The number of carbonyl (C=O) groups excluding carboxylic acids is 2. The molecule has 12 heteroatoms. The van der Waals surface area contributed by atoms with Crippen molar-refractivity contribution in [3.05, 3.63) is 50.8 Å². The summed E-state index contributed by atoms with van der Waals surface area (Å²) in [6, 6.07) is 2.45. The number of benzene rings is 1. The van der Waals surface area contributed by atoms with Crippen LogP contribution in [0.1, 0.15) is 95.8 Å². The third-order valence-corrected chi connectivity index (χ3v) is 8.57. The van der Waals surface area contributed by atoms with Gasteiger partial charge in [-0.1, -0.05) is 42.5 Å². The van der Waals surface area contributed by atoms with Crippen LogP contribution in [0.4, 0.5) is 13.2 Å². The van der Waals surface area contributed by atoms with Gasteiger partial charge in [-0.25, -0.2) is 0 Å². The number of amides is 1. The molecule has 0 unspecified atom stereocenters. The van der Waals surface area contributed by atoms with Crippen LogP contribution in [-0.4, -0.2) is 50.5 Å². The average molecular weight is 602 g/mol. The highest BCUT2D eigenvalue weighted by molar-refractivity contribution is 6.40. The van der Waals surface area contributed by atoms with Crippen LogP contribution in [0.15, 0.2) is 18.3 Å². The number of nitrogens with zero attached hydrogens (tertiary/aromatic N) is 3. The first-order chi connectivity index (χ1) is 18.9. The van der Waals surface area contributed by atoms with Gasteiger partial charge in [0.25, 0.3) is 5.91 Å². The maximum absolute atomic E-state index is 14.4. The van der Waals surface area contributed by atoms with E-state index in [9.17, 15) is 32.7 Å². The number of ketones is 1. The lowest BCUT2D eigenvalue weighted by Gasteiger charge is -2.30. The van der Waals surface area contributed by atoms with Crippen LogP contribution >= 0.6 is 23.2 Å². The van der Waals surface area contributed by atoms with E-state index in [1.165, 1.54) is 4.90 Å². The molecule has 2 saturated carbocycles. The molecule has 0 atom stereocenters. The predicted molar refractivity (Wildman–Crippen MR) is 144 cm³/mol. The maximum atomic E-state index is 14.4. The van der Waals surface area contributed by atoms with Gasteiger partial charge in [0.15, 0.2) is 11.5 Å². The van der Waals surface area contributed by atoms with Crippen LogP contribution in [0.25, 0.3) is 0 Å². The second kappa shape index (κ2) is 12.5. The maximum Gasteiger partial charge on any atom is 0.433 e. The molecule has 0 saturated heterocycles. The number of hydrogen-bond acceptors (Lipinski definition) is 4. The summed E-state index contributed by atoms with van der Waals surface area (Å²) in [5, 5.41) is 13.5. The Kier molecular flexibility index (Phi) is 9.50. The van der Waals surface area contributed by atoms with Crippen molar-refractivity contribution in [1.82, 2.24) is 14.7 Å². The first-order valence-electron chi connectivity index (χ1n) is 13.5. The molecule has 0 bridgehead atoms. The van der Waals surface area contributed by atoms with Crippen LogP contribution in [0, 0.1) is 18.8 Å². The molecule has 2 aliphatic carbocycles. The number of Topliss-reactive ketones (excluding diaryl/α,β-unsaturated/α-hetero) is 1. The van der Waals surface area contributed by atoms with Gasteiger partial charge >= 0.3 is 12.1 Å². The zero-order valence-electron chi connectivity index (χ0n) is 22.1. The van der Waals surface area contributed by atoms with Crippen LogP contribution in [0.3, 0.4) is 0 Å². The molecule has 0 aliphatic heterocycles. The third kappa shape index (κ3) is 6.82. The van der Waals surface area contributed by atoms with Crippen LogP contribution in [0.5, 0.6) is 0 Å². The quantitative estimate of drug-likeness (QED) is 0.322. The van der Waals surface area contributed by atoms with E-state index in [1.807, 2.05) is 0 Å². The van der Waals surface area contributed by atoms with Gasteiger partial charge in [-0.15, -0.1) is 0 Å². The van der Waals surface area contributed by atoms with Gasteiger partial charge in [0.1, 0.15) is 0 Å². The van der Waals surface area contributed by atoms with E-state index >= 15 is 0 Å². The summed E-state index contributed by atoms with van der Waals surface area (Å²) in [7, 11) is 0. The van der Waals surface area contributed by atoms with E-state index in [4.69, 9.17) is 23.2 Å². The molecule has 0 radical (unpaired) electrons. The Morgan fingerprint density at radius 1 is 1.02 bits per heavy atom. The third-order valence-electron chi connectivity index (χ3n) is 7.98. The molecule has 0 spiro atoms. The normalized spacial score (nSPS) is 20.4. The lowest BCUT2D eigenvalue weighted by Crippen LogP contribution is -2.40. The number of carbonyl (C=O) groups is 3. The van der Waals surface area contributed by atoms with Gasteiger partial charge in [-0.05, 0) is 69.1 Å². The largest absolute Gasteiger partial charge is 0.481 e. The minimum atomic E-state index is -4.89. The standard InChI is InChI=1S/C28H32Cl2F3N3O4/c1-16-11-21(29)24(22(30)12-16)23(37)15-35(14-17-5-3-2-4-6-17)26(38)20-13-34-36(25(20)28(31,32)33)19-9-7-18(8-10-19)27(39)40/h11-13,17-19H,2-10,14-15H2,1H3,(H,39,40). The predicted octanol–water partition coefficient (Wildman–Crippen LogP) is 7.24. The van der Waals surface area contributed by atoms with Crippen molar-refractivity contribution in [3.8, 4) is 0 Å². The second-order valence-corrected chi connectivity index (χ2v) is 11.7. The molecule has 1 aromatic heterocycles. The van der Waals surface area contributed by atoms with Crippen molar-refractivity contribution in [2.24, 2.45) is 11.8 Å². The Morgan fingerprint density at radius 3 is 2.17 bits per heavy atom. The Balaban J connectivity index is 1.66. The minimum Gasteiger partial charge on any atom is -0.481 e. The lowest BCUT2D eigenvalue weighted by atomic mass is 9.86. The fourth-order valence-corrected chi connectivity index (χ4v) is 6.74. The molecule has 218 valence electrons. The minimum absolute atomic E-state index is 0.0253. The fourth-order valence-electron chi connectivity index (χ4n) is 5.94. The summed E-state index contributed by atoms with van der Waals surface area (Å²) < 4.78 is 44.1. The van der Waals surface area contributed by atoms with Crippen molar-refractivity contribution in [1.29, 1.82) is 0 Å². The fraction of sp³-hybridized carbons (Fsp3) is 0.571. The smallest absolute Gasteiger partial charge is 0.433 e. The molecule has 40 heavy (non-hydrogen) atoms. The highest BCUT2D eigenvalue weighted by Gasteiger charge is 2.43. The van der Waals surface area contributed by atoms with Gasteiger partial charge in [0.05, 0.1) is 45.9 Å².